The number of rotatable bonds is 4. The fourth-order valence-corrected chi connectivity index (χ4v) is 5.03. The summed E-state index contributed by atoms with van der Waals surface area (Å²) in [4.78, 5) is 18.0. The van der Waals surface area contributed by atoms with Gasteiger partial charge < -0.3 is 5.32 Å². The van der Waals surface area contributed by atoms with Crippen molar-refractivity contribution < 1.29 is 13.2 Å². The molecule has 1 N–H and O–H groups in total. The van der Waals surface area contributed by atoms with E-state index in [1.807, 2.05) is 55.5 Å². The Morgan fingerprint density at radius 1 is 0.969 bits per heavy atom. The minimum absolute atomic E-state index is 0.109. The number of para-hydroxylation sites is 2. The summed E-state index contributed by atoms with van der Waals surface area (Å²) in [6.07, 6.45) is 1.18. The van der Waals surface area contributed by atoms with Crippen LogP contribution in [0.4, 0.5) is 5.69 Å². The number of hydrogen-bond donors (Lipinski definition) is 1. The summed E-state index contributed by atoms with van der Waals surface area (Å²) in [6, 6.07) is 22.5. The Balaban J connectivity index is 1.69. The number of anilines is 1. The van der Waals surface area contributed by atoms with Gasteiger partial charge in [0.05, 0.1) is 28.0 Å². The van der Waals surface area contributed by atoms with E-state index in [1.165, 1.54) is 6.26 Å². The topological polar surface area (TPSA) is 80.5 Å². The lowest BCUT2D eigenvalue weighted by Crippen LogP contribution is -2.13. The molecular formula is C25H21N3O3S. The highest BCUT2D eigenvalue weighted by atomic mass is 32.2. The fraction of sp³-hybridized carbons (Fsp3) is 0.120. The van der Waals surface area contributed by atoms with Crippen LogP contribution in [0, 0.1) is 6.92 Å². The second kappa shape index (κ2) is 7.46. The predicted octanol–water partition coefficient (Wildman–Crippen LogP) is 4.75. The summed E-state index contributed by atoms with van der Waals surface area (Å²) in [7, 11) is -3.20. The van der Waals surface area contributed by atoms with Crippen LogP contribution in [0.25, 0.3) is 27.3 Å². The third-order valence-electron chi connectivity index (χ3n) is 5.50. The van der Waals surface area contributed by atoms with Crippen LogP contribution in [-0.4, -0.2) is 30.0 Å². The number of amides is 1. The van der Waals surface area contributed by atoms with Crippen LogP contribution >= 0.6 is 0 Å². The molecular weight excluding hydrogens is 422 g/mol. The summed E-state index contributed by atoms with van der Waals surface area (Å²) in [5.74, 6) is 0.421. The van der Waals surface area contributed by atoms with Crippen molar-refractivity contribution in [2.45, 2.75) is 12.7 Å². The van der Waals surface area contributed by atoms with Crippen LogP contribution in [0.15, 0.2) is 72.8 Å². The fourth-order valence-electron chi connectivity index (χ4n) is 4.24. The van der Waals surface area contributed by atoms with Crippen molar-refractivity contribution in [3.63, 3.8) is 0 Å². The van der Waals surface area contributed by atoms with E-state index in [9.17, 15) is 13.2 Å². The van der Waals surface area contributed by atoms with Crippen molar-refractivity contribution in [2.75, 3.05) is 11.6 Å². The summed E-state index contributed by atoms with van der Waals surface area (Å²) < 4.78 is 25.4. The average molecular weight is 444 g/mol. The first-order valence-corrected chi connectivity index (χ1v) is 12.2. The second-order valence-electron chi connectivity index (χ2n) is 7.98. The van der Waals surface area contributed by atoms with Crippen molar-refractivity contribution in [1.82, 2.24) is 9.38 Å². The third-order valence-corrected chi connectivity index (χ3v) is 6.35. The van der Waals surface area contributed by atoms with Gasteiger partial charge in [0.15, 0.2) is 9.84 Å². The number of fused-ring (bicyclic) bond motifs is 5. The molecule has 0 bridgehead atoms. The van der Waals surface area contributed by atoms with E-state index < -0.39 is 9.84 Å². The van der Waals surface area contributed by atoms with Gasteiger partial charge in [-0.2, -0.15) is 0 Å². The number of sulfone groups is 1. The number of nitrogens with zero attached hydrogens (tertiary/aromatic N) is 2. The van der Waals surface area contributed by atoms with Crippen LogP contribution in [0.1, 0.15) is 21.7 Å². The summed E-state index contributed by atoms with van der Waals surface area (Å²) in [5.41, 5.74) is 4.39. The first-order valence-electron chi connectivity index (χ1n) is 10.2. The molecule has 160 valence electrons. The van der Waals surface area contributed by atoms with Gasteiger partial charge >= 0.3 is 0 Å². The number of benzene rings is 3. The molecule has 0 aliphatic heterocycles. The van der Waals surface area contributed by atoms with Crippen molar-refractivity contribution in [3.8, 4) is 0 Å². The number of carbonyl (C=O) groups excluding carboxylic acids is 1. The van der Waals surface area contributed by atoms with Crippen molar-refractivity contribution in [2.24, 2.45) is 0 Å². The quantitative estimate of drug-likeness (QED) is 0.435. The Kier molecular flexibility index (Phi) is 4.71. The summed E-state index contributed by atoms with van der Waals surface area (Å²) >= 11 is 0. The molecule has 0 radical (unpaired) electrons. The highest BCUT2D eigenvalue weighted by molar-refractivity contribution is 7.89. The number of aromatic nitrogens is 2. The molecule has 0 spiro atoms. The van der Waals surface area contributed by atoms with E-state index in [4.69, 9.17) is 4.98 Å². The summed E-state index contributed by atoms with van der Waals surface area (Å²) in [6.45, 7) is 1.95. The van der Waals surface area contributed by atoms with Crippen molar-refractivity contribution in [1.29, 1.82) is 0 Å². The van der Waals surface area contributed by atoms with E-state index in [1.54, 1.807) is 24.3 Å². The smallest absolute Gasteiger partial charge is 0.255 e. The SMILES string of the molecule is Cc1nc2ccccc2c2c(NC(=O)c3cccc(CS(C)(=O)=O)c3)c3ccccc3n12. The monoisotopic (exact) mass is 443 g/mol. The lowest BCUT2D eigenvalue weighted by molar-refractivity contribution is 0.102. The van der Waals surface area contributed by atoms with Crippen LogP contribution in [-0.2, 0) is 15.6 Å². The van der Waals surface area contributed by atoms with Gasteiger partial charge in [-0.1, -0.05) is 48.5 Å². The van der Waals surface area contributed by atoms with Crippen LogP contribution in [0.3, 0.4) is 0 Å². The minimum atomic E-state index is -3.20. The maximum Gasteiger partial charge on any atom is 0.255 e. The maximum atomic E-state index is 13.3. The Hall–Kier alpha value is -3.71. The molecule has 5 rings (SSSR count). The Labute approximate surface area is 185 Å². The number of hydrogen-bond acceptors (Lipinski definition) is 4. The van der Waals surface area contributed by atoms with Gasteiger partial charge in [0.2, 0.25) is 0 Å². The van der Waals surface area contributed by atoms with Gasteiger partial charge in [-0.25, -0.2) is 13.4 Å². The van der Waals surface area contributed by atoms with Gasteiger partial charge in [0.25, 0.3) is 5.91 Å². The van der Waals surface area contributed by atoms with Crippen molar-refractivity contribution >= 4 is 48.8 Å². The maximum absolute atomic E-state index is 13.3. The largest absolute Gasteiger partial charge is 0.320 e. The van der Waals surface area contributed by atoms with Gasteiger partial charge in [-0.05, 0) is 36.8 Å². The van der Waals surface area contributed by atoms with Gasteiger partial charge in [-0.15, -0.1) is 0 Å². The molecule has 2 heterocycles. The predicted molar refractivity (Wildman–Crippen MR) is 128 cm³/mol. The van der Waals surface area contributed by atoms with E-state index in [0.29, 0.717) is 16.8 Å². The Morgan fingerprint density at radius 3 is 2.47 bits per heavy atom. The molecule has 2 aromatic heterocycles. The lowest BCUT2D eigenvalue weighted by Gasteiger charge is -2.10. The number of aryl methyl sites for hydroxylation is 1. The molecule has 7 heteroatoms. The number of nitrogens with one attached hydrogen (secondary N) is 1. The van der Waals surface area contributed by atoms with Gasteiger partial charge in [0.1, 0.15) is 5.82 Å². The average Bonchev–Trinajstić information content (AvgIpc) is 3.08. The summed E-state index contributed by atoms with van der Waals surface area (Å²) in [5, 5.41) is 4.95. The highest BCUT2D eigenvalue weighted by Gasteiger charge is 2.19. The molecule has 0 unspecified atom stereocenters. The van der Waals surface area contributed by atoms with E-state index in [-0.39, 0.29) is 11.7 Å². The Morgan fingerprint density at radius 2 is 1.69 bits per heavy atom. The first kappa shape index (κ1) is 20.2. The van der Waals surface area contributed by atoms with E-state index in [2.05, 4.69) is 9.72 Å². The Bertz CT molecular complexity index is 1640. The molecule has 0 atom stereocenters. The van der Waals surface area contributed by atoms with Crippen LogP contribution in [0.5, 0.6) is 0 Å². The molecule has 0 saturated heterocycles. The molecule has 0 aliphatic carbocycles. The van der Waals surface area contributed by atoms with Crippen molar-refractivity contribution in [3.05, 3.63) is 89.7 Å². The zero-order chi connectivity index (χ0) is 22.5. The third kappa shape index (κ3) is 3.50. The van der Waals surface area contributed by atoms with Gasteiger partial charge in [-0.3, -0.25) is 9.20 Å². The molecule has 32 heavy (non-hydrogen) atoms. The normalized spacial score (nSPS) is 11.9. The number of carbonyl (C=O) groups is 1. The van der Waals surface area contributed by atoms with Crippen LogP contribution < -0.4 is 5.32 Å². The molecule has 6 nitrogen and oxygen atoms in total. The molecule has 1 amide bonds. The van der Waals surface area contributed by atoms with Crippen LogP contribution in [0.2, 0.25) is 0 Å². The highest BCUT2D eigenvalue weighted by Crippen LogP contribution is 2.36. The minimum Gasteiger partial charge on any atom is -0.320 e. The standard InChI is InChI=1S/C25H21N3O3S/c1-16-26-21-12-5-3-10-19(21)24-23(20-11-4-6-13-22(20)28(16)24)27-25(29)18-9-7-8-17(14-18)15-32(2,30)31/h3-14H,15H2,1-2H3,(H,27,29). The molecule has 3 aromatic carbocycles. The van der Waals surface area contributed by atoms with E-state index in [0.717, 1.165) is 33.1 Å². The zero-order valence-corrected chi connectivity index (χ0v) is 18.5. The molecule has 0 aliphatic rings. The second-order valence-corrected chi connectivity index (χ2v) is 10.1. The first-order chi connectivity index (χ1) is 15.3. The molecule has 5 aromatic rings. The van der Waals surface area contributed by atoms with E-state index >= 15 is 0 Å². The molecule has 0 saturated carbocycles. The molecule has 0 fully saturated rings. The van der Waals surface area contributed by atoms with Gasteiger partial charge in [0, 0.05) is 22.6 Å². The lowest BCUT2D eigenvalue weighted by atomic mass is 10.1. The zero-order valence-electron chi connectivity index (χ0n) is 17.7.